The predicted octanol–water partition coefficient (Wildman–Crippen LogP) is 3.91. The zero-order valence-corrected chi connectivity index (χ0v) is 18.6. The van der Waals surface area contributed by atoms with Crippen LogP contribution in [-0.2, 0) is 28.1 Å². The lowest BCUT2D eigenvalue weighted by atomic mass is 9.77. The number of rotatable bonds is 8. The zero-order valence-electron chi connectivity index (χ0n) is 18.6. The van der Waals surface area contributed by atoms with Crippen LogP contribution in [0.15, 0.2) is 24.5 Å². The Morgan fingerprint density at radius 1 is 1.53 bits per heavy atom. The Hall–Kier alpha value is -3.31. The van der Waals surface area contributed by atoms with E-state index in [4.69, 9.17) is 9.47 Å². The van der Waals surface area contributed by atoms with Gasteiger partial charge in [-0.25, -0.2) is 0 Å². The summed E-state index contributed by atoms with van der Waals surface area (Å²) >= 11 is 0. The number of aryl methyl sites for hydroxylation is 1. The fourth-order valence-electron chi connectivity index (χ4n) is 4.75. The van der Waals surface area contributed by atoms with Gasteiger partial charge in [-0.2, -0.15) is 10.4 Å². The van der Waals surface area contributed by atoms with Crippen LogP contribution in [0, 0.1) is 24.2 Å². The molecule has 0 fully saturated rings. The van der Waals surface area contributed by atoms with Crippen LogP contribution in [-0.4, -0.2) is 39.1 Å². The normalized spacial score (nSPS) is 18.8. The van der Waals surface area contributed by atoms with Crippen LogP contribution in [0.25, 0.3) is 10.9 Å². The van der Waals surface area contributed by atoms with Gasteiger partial charge in [0, 0.05) is 23.3 Å². The van der Waals surface area contributed by atoms with Crippen molar-refractivity contribution < 1.29 is 19.4 Å². The molecule has 0 saturated carbocycles. The number of aromatic nitrogens is 3. The van der Waals surface area contributed by atoms with E-state index in [2.05, 4.69) is 16.2 Å². The molecule has 3 heterocycles. The topological polar surface area (TPSA) is 113 Å². The number of carbonyl (C=O) groups is 1. The number of H-pyrrole nitrogens is 1. The van der Waals surface area contributed by atoms with Crippen LogP contribution in [0.3, 0.4) is 0 Å². The lowest BCUT2D eigenvalue weighted by molar-refractivity contribution is -0.155. The van der Waals surface area contributed by atoms with Gasteiger partial charge in [0.25, 0.3) is 0 Å². The molecule has 8 heteroatoms. The van der Waals surface area contributed by atoms with E-state index >= 15 is 0 Å². The number of benzene rings is 1. The molecule has 0 saturated heterocycles. The van der Waals surface area contributed by atoms with Crippen LogP contribution in [0.5, 0.6) is 5.75 Å². The van der Waals surface area contributed by atoms with Crippen LogP contribution in [0.2, 0.25) is 0 Å². The van der Waals surface area contributed by atoms with Crippen molar-refractivity contribution in [1.82, 2.24) is 14.8 Å². The molecule has 0 unspecified atom stereocenters. The summed E-state index contributed by atoms with van der Waals surface area (Å²) in [5.74, 6) is -0.286. The smallest absolute Gasteiger partial charge is 0.306 e. The lowest BCUT2D eigenvalue weighted by Crippen LogP contribution is -2.43. The van der Waals surface area contributed by atoms with Gasteiger partial charge in [-0.15, -0.1) is 0 Å². The summed E-state index contributed by atoms with van der Waals surface area (Å²) in [7, 11) is 0. The standard InChI is InChI=1S/C24H28N4O4/c1-4-15(2)24(13-20(29)30)23-18(6-10-32-24)21-17(14-25)12-19(16(3)22(21)27-23)31-11-9-28-8-5-7-26-28/h5,7-8,12,15,27H,4,6,9-11,13H2,1-3H3,(H,29,30)/t15-,24-/m0/s1. The molecule has 32 heavy (non-hydrogen) atoms. The molecular formula is C24H28N4O4. The van der Waals surface area contributed by atoms with E-state index in [1.807, 2.05) is 33.0 Å². The van der Waals surface area contributed by atoms with Gasteiger partial charge in [-0.05, 0) is 37.0 Å². The summed E-state index contributed by atoms with van der Waals surface area (Å²) < 4.78 is 14.0. The SMILES string of the molecule is CC[C@H](C)[C@]1(CC(=O)O)OCCc2c1[nH]c1c(C)c(OCCn3cccn3)cc(C#N)c21. The van der Waals surface area contributed by atoms with Crippen LogP contribution in [0.4, 0.5) is 0 Å². The Labute approximate surface area is 186 Å². The summed E-state index contributed by atoms with van der Waals surface area (Å²) in [5, 5.41) is 24.6. The molecule has 168 valence electrons. The van der Waals surface area contributed by atoms with Gasteiger partial charge in [0.15, 0.2) is 0 Å². The molecule has 1 aromatic carbocycles. The largest absolute Gasteiger partial charge is 0.491 e. The van der Waals surface area contributed by atoms with E-state index in [1.165, 1.54) is 0 Å². The third-order valence-corrected chi connectivity index (χ3v) is 6.61. The monoisotopic (exact) mass is 436 g/mol. The van der Waals surface area contributed by atoms with Crippen LogP contribution < -0.4 is 4.74 Å². The van der Waals surface area contributed by atoms with Crippen molar-refractivity contribution in [2.45, 2.75) is 52.2 Å². The molecule has 2 N–H and O–H groups in total. The first kappa shape index (κ1) is 21.9. The molecule has 0 bridgehead atoms. The van der Waals surface area contributed by atoms with E-state index in [0.717, 1.165) is 34.1 Å². The van der Waals surface area contributed by atoms with E-state index in [-0.39, 0.29) is 12.3 Å². The van der Waals surface area contributed by atoms with Crippen molar-refractivity contribution in [2.75, 3.05) is 13.2 Å². The summed E-state index contributed by atoms with van der Waals surface area (Å²) in [6.07, 6.45) is 4.86. The molecule has 0 radical (unpaired) electrons. The van der Waals surface area contributed by atoms with Crippen LogP contribution in [0.1, 0.15) is 49.1 Å². The second-order valence-electron chi connectivity index (χ2n) is 8.37. The van der Waals surface area contributed by atoms with E-state index in [9.17, 15) is 15.2 Å². The summed E-state index contributed by atoms with van der Waals surface area (Å²) in [6, 6.07) is 5.96. The van der Waals surface area contributed by atoms with Crippen molar-refractivity contribution in [2.24, 2.45) is 5.92 Å². The van der Waals surface area contributed by atoms with Crippen molar-refractivity contribution in [3.8, 4) is 11.8 Å². The molecule has 3 aromatic rings. The Morgan fingerprint density at radius 2 is 2.34 bits per heavy atom. The lowest BCUT2D eigenvalue weighted by Gasteiger charge is -2.40. The summed E-state index contributed by atoms with van der Waals surface area (Å²) in [4.78, 5) is 15.3. The molecular weight excluding hydrogens is 408 g/mol. The molecule has 0 aliphatic carbocycles. The van der Waals surface area contributed by atoms with Gasteiger partial charge in [0.05, 0.1) is 42.4 Å². The minimum Gasteiger partial charge on any atom is -0.491 e. The molecule has 1 aliphatic heterocycles. The number of fused-ring (bicyclic) bond motifs is 3. The maximum absolute atomic E-state index is 11.8. The highest BCUT2D eigenvalue weighted by Gasteiger charge is 2.46. The molecule has 0 spiro atoms. The molecule has 1 aliphatic rings. The first-order chi connectivity index (χ1) is 15.4. The number of nitriles is 1. The molecule has 4 rings (SSSR count). The van der Waals surface area contributed by atoms with E-state index in [0.29, 0.717) is 37.5 Å². The Morgan fingerprint density at radius 3 is 3.00 bits per heavy atom. The highest BCUT2D eigenvalue weighted by Crippen LogP contribution is 2.47. The van der Waals surface area contributed by atoms with E-state index in [1.54, 1.807) is 16.9 Å². The number of nitrogens with zero attached hydrogens (tertiary/aromatic N) is 3. The molecule has 2 atom stereocenters. The van der Waals surface area contributed by atoms with E-state index < -0.39 is 11.6 Å². The number of aromatic amines is 1. The highest BCUT2D eigenvalue weighted by molar-refractivity contribution is 5.94. The maximum atomic E-state index is 11.8. The van der Waals surface area contributed by atoms with Gasteiger partial charge < -0.3 is 19.6 Å². The molecule has 8 nitrogen and oxygen atoms in total. The van der Waals surface area contributed by atoms with Gasteiger partial charge in [0.2, 0.25) is 0 Å². The van der Waals surface area contributed by atoms with Gasteiger partial charge in [-0.1, -0.05) is 20.3 Å². The number of carboxylic acids is 1. The second kappa shape index (κ2) is 8.67. The number of carboxylic acid groups (broad SMARTS) is 1. The average Bonchev–Trinajstić information content (AvgIpc) is 3.43. The first-order valence-corrected chi connectivity index (χ1v) is 11.0. The summed E-state index contributed by atoms with van der Waals surface area (Å²) in [5.41, 5.74) is 3.04. The third-order valence-electron chi connectivity index (χ3n) is 6.61. The fraction of sp³-hybridized carbons (Fsp3) is 0.458. The minimum absolute atomic E-state index is 0.0126. The van der Waals surface area contributed by atoms with Crippen molar-refractivity contribution in [1.29, 1.82) is 5.26 Å². The van der Waals surface area contributed by atoms with Crippen molar-refractivity contribution >= 4 is 16.9 Å². The Kier molecular flexibility index (Phi) is 5.94. The third kappa shape index (κ3) is 3.63. The quantitative estimate of drug-likeness (QED) is 0.553. The summed E-state index contributed by atoms with van der Waals surface area (Å²) in [6.45, 7) is 7.44. The molecule has 2 aromatic heterocycles. The van der Waals surface area contributed by atoms with Gasteiger partial charge in [0.1, 0.15) is 18.0 Å². The first-order valence-electron chi connectivity index (χ1n) is 11.0. The predicted molar refractivity (Wildman–Crippen MR) is 119 cm³/mol. The number of nitrogens with one attached hydrogen (secondary N) is 1. The van der Waals surface area contributed by atoms with Crippen molar-refractivity contribution in [3.63, 3.8) is 0 Å². The number of hydrogen-bond donors (Lipinski definition) is 2. The second-order valence-corrected chi connectivity index (χ2v) is 8.37. The zero-order chi connectivity index (χ0) is 22.9. The highest BCUT2D eigenvalue weighted by atomic mass is 16.5. The number of ether oxygens (including phenoxy) is 2. The average molecular weight is 437 g/mol. The molecule has 0 amide bonds. The minimum atomic E-state index is -0.951. The van der Waals surface area contributed by atoms with Crippen molar-refractivity contribution in [3.05, 3.63) is 46.9 Å². The van der Waals surface area contributed by atoms with Crippen LogP contribution >= 0.6 is 0 Å². The Bertz CT molecular complexity index is 1180. The fourth-order valence-corrected chi connectivity index (χ4v) is 4.75. The van der Waals surface area contributed by atoms with Gasteiger partial charge in [-0.3, -0.25) is 9.48 Å². The Balaban J connectivity index is 1.81. The maximum Gasteiger partial charge on any atom is 0.306 e. The number of aliphatic carboxylic acids is 1. The van der Waals surface area contributed by atoms with Gasteiger partial charge >= 0.3 is 5.97 Å². The number of hydrogen-bond acceptors (Lipinski definition) is 5.